The van der Waals surface area contributed by atoms with E-state index >= 15 is 0 Å². The molecule has 3 heteroatoms. The molecule has 2 N–H and O–H groups in total. The van der Waals surface area contributed by atoms with Crippen LogP contribution < -0.4 is 10.6 Å². The highest BCUT2D eigenvalue weighted by Gasteiger charge is 2.26. The van der Waals surface area contributed by atoms with Gasteiger partial charge in [0.15, 0.2) is 0 Å². The summed E-state index contributed by atoms with van der Waals surface area (Å²) in [4.78, 5) is 2.44. The van der Waals surface area contributed by atoms with E-state index in [-0.39, 0.29) is 6.04 Å². The highest BCUT2D eigenvalue weighted by atomic mass is 15.2. The van der Waals surface area contributed by atoms with Crippen molar-refractivity contribution >= 4 is 16.5 Å². The van der Waals surface area contributed by atoms with Crippen molar-refractivity contribution in [3.8, 4) is 6.07 Å². The normalized spacial score (nSPS) is 20.2. The van der Waals surface area contributed by atoms with Crippen LogP contribution in [0.15, 0.2) is 36.4 Å². The molecule has 0 amide bonds. The monoisotopic (exact) mass is 279 g/mol. The second-order valence-corrected chi connectivity index (χ2v) is 5.91. The van der Waals surface area contributed by atoms with Crippen LogP contribution >= 0.6 is 0 Å². The second kappa shape index (κ2) is 5.75. The molecule has 0 spiro atoms. The van der Waals surface area contributed by atoms with Crippen molar-refractivity contribution in [2.45, 2.75) is 38.3 Å². The summed E-state index contributed by atoms with van der Waals surface area (Å²) in [5.41, 5.74) is 8.15. The van der Waals surface area contributed by atoms with Crippen LogP contribution in [0.25, 0.3) is 10.8 Å². The van der Waals surface area contributed by atoms with E-state index in [0.29, 0.717) is 6.04 Å². The van der Waals surface area contributed by atoms with Gasteiger partial charge in [-0.2, -0.15) is 5.26 Å². The molecule has 2 unspecified atom stereocenters. The number of nitrogens with two attached hydrogens (primary N) is 1. The van der Waals surface area contributed by atoms with Gasteiger partial charge in [-0.1, -0.05) is 24.3 Å². The summed E-state index contributed by atoms with van der Waals surface area (Å²) in [7, 11) is 0. The zero-order valence-corrected chi connectivity index (χ0v) is 12.4. The van der Waals surface area contributed by atoms with Crippen molar-refractivity contribution < 1.29 is 0 Å². The average molecular weight is 279 g/mol. The highest BCUT2D eigenvalue weighted by Crippen LogP contribution is 2.33. The van der Waals surface area contributed by atoms with Gasteiger partial charge in [-0.3, -0.25) is 0 Å². The Balaban J connectivity index is 2.14. The summed E-state index contributed by atoms with van der Waals surface area (Å²) in [5, 5.41) is 11.5. The molecule has 21 heavy (non-hydrogen) atoms. The molecule has 2 aromatic rings. The Bertz CT molecular complexity index is 684. The average Bonchev–Trinajstić information content (AvgIpc) is 2.53. The third-order valence-electron chi connectivity index (χ3n) is 4.49. The lowest BCUT2D eigenvalue weighted by Gasteiger charge is -2.40. The number of nitriles is 1. The minimum atomic E-state index is 0.153. The van der Waals surface area contributed by atoms with Crippen LogP contribution in [0.4, 0.5) is 5.69 Å². The van der Waals surface area contributed by atoms with Gasteiger partial charge in [0.1, 0.15) is 0 Å². The molecular weight excluding hydrogens is 258 g/mol. The number of anilines is 1. The van der Waals surface area contributed by atoms with Crippen molar-refractivity contribution in [2.24, 2.45) is 5.73 Å². The molecular formula is C18H21N3. The Kier molecular flexibility index (Phi) is 3.81. The van der Waals surface area contributed by atoms with Crippen LogP contribution in [0.2, 0.25) is 0 Å². The molecule has 0 saturated carbocycles. The number of nitrogens with zero attached hydrogens (tertiary/aromatic N) is 2. The van der Waals surface area contributed by atoms with E-state index in [2.05, 4.69) is 30.0 Å². The summed E-state index contributed by atoms with van der Waals surface area (Å²) in [6.45, 7) is 3.14. The summed E-state index contributed by atoms with van der Waals surface area (Å²) < 4.78 is 0. The van der Waals surface area contributed by atoms with E-state index in [9.17, 15) is 5.26 Å². The second-order valence-electron chi connectivity index (χ2n) is 5.91. The van der Waals surface area contributed by atoms with Crippen LogP contribution in [-0.2, 0) is 0 Å². The predicted octanol–water partition coefficient (Wildman–Crippen LogP) is 3.42. The quantitative estimate of drug-likeness (QED) is 0.916. The maximum absolute atomic E-state index is 9.29. The largest absolute Gasteiger partial charge is 0.366 e. The molecule has 2 atom stereocenters. The number of benzene rings is 2. The van der Waals surface area contributed by atoms with Crippen molar-refractivity contribution in [1.82, 2.24) is 0 Å². The highest BCUT2D eigenvalue weighted by molar-refractivity contribution is 5.98. The first kappa shape index (κ1) is 13.9. The Morgan fingerprint density at radius 2 is 1.95 bits per heavy atom. The lowest BCUT2D eigenvalue weighted by Crippen LogP contribution is -2.49. The topological polar surface area (TPSA) is 53.0 Å². The fraction of sp³-hybridized carbons (Fsp3) is 0.389. The number of piperidine rings is 1. The van der Waals surface area contributed by atoms with Crippen molar-refractivity contribution in [3.63, 3.8) is 0 Å². The van der Waals surface area contributed by atoms with E-state index in [0.717, 1.165) is 29.3 Å². The molecule has 2 aromatic carbocycles. The minimum Gasteiger partial charge on any atom is -0.366 e. The fourth-order valence-electron chi connectivity index (χ4n) is 3.43. The zero-order valence-electron chi connectivity index (χ0n) is 12.4. The van der Waals surface area contributed by atoms with Crippen molar-refractivity contribution in [3.05, 3.63) is 42.0 Å². The van der Waals surface area contributed by atoms with Crippen LogP contribution in [0.5, 0.6) is 0 Å². The third-order valence-corrected chi connectivity index (χ3v) is 4.49. The molecule has 1 saturated heterocycles. The lowest BCUT2D eigenvalue weighted by atomic mass is 9.94. The molecule has 0 radical (unpaired) electrons. The molecule has 1 fully saturated rings. The summed E-state index contributed by atoms with van der Waals surface area (Å²) in [5.74, 6) is 0. The van der Waals surface area contributed by atoms with Gasteiger partial charge in [0.25, 0.3) is 0 Å². The Labute approximate surface area is 126 Å². The molecule has 3 nitrogen and oxygen atoms in total. The molecule has 1 heterocycles. The summed E-state index contributed by atoms with van der Waals surface area (Å²) >= 11 is 0. The first-order chi connectivity index (χ1) is 10.2. The summed E-state index contributed by atoms with van der Waals surface area (Å²) in [6.07, 6.45) is 3.60. The molecule has 0 aliphatic carbocycles. The van der Waals surface area contributed by atoms with E-state index in [4.69, 9.17) is 5.73 Å². The van der Waals surface area contributed by atoms with Gasteiger partial charge in [-0.05, 0) is 38.3 Å². The first-order valence-corrected chi connectivity index (χ1v) is 7.66. The van der Waals surface area contributed by atoms with Crippen LogP contribution in [-0.4, -0.2) is 18.6 Å². The fourth-order valence-corrected chi connectivity index (χ4v) is 3.43. The molecule has 1 aliphatic rings. The van der Waals surface area contributed by atoms with Gasteiger partial charge >= 0.3 is 0 Å². The van der Waals surface area contributed by atoms with Gasteiger partial charge in [0, 0.05) is 35.1 Å². The first-order valence-electron chi connectivity index (χ1n) is 7.66. The minimum absolute atomic E-state index is 0.153. The lowest BCUT2D eigenvalue weighted by molar-refractivity contribution is 0.414. The van der Waals surface area contributed by atoms with Gasteiger partial charge < -0.3 is 10.6 Å². The van der Waals surface area contributed by atoms with Gasteiger partial charge in [-0.15, -0.1) is 0 Å². The molecule has 108 valence electrons. The van der Waals surface area contributed by atoms with Crippen LogP contribution in [0.3, 0.4) is 0 Å². The van der Waals surface area contributed by atoms with Gasteiger partial charge in [-0.25, -0.2) is 0 Å². The van der Waals surface area contributed by atoms with Crippen molar-refractivity contribution in [1.29, 1.82) is 5.26 Å². The van der Waals surface area contributed by atoms with E-state index in [1.807, 2.05) is 24.3 Å². The van der Waals surface area contributed by atoms with Gasteiger partial charge in [0.05, 0.1) is 11.6 Å². The van der Waals surface area contributed by atoms with Crippen molar-refractivity contribution in [2.75, 3.05) is 11.4 Å². The number of fused-ring (bicyclic) bond motifs is 1. The maximum Gasteiger partial charge on any atom is 0.0998 e. The number of hydrogen-bond donors (Lipinski definition) is 1. The van der Waals surface area contributed by atoms with E-state index in [1.54, 1.807) is 0 Å². The molecule has 1 aliphatic heterocycles. The van der Waals surface area contributed by atoms with E-state index < -0.39 is 0 Å². The maximum atomic E-state index is 9.29. The Morgan fingerprint density at radius 1 is 1.19 bits per heavy atom. The molecule has 0 aromatic heterocycles. The predicted molar refractivity (Wildman–Crippen MR) is 87.3 cm³/mol. The standard InChI is InChI=1S/C18H21N3/c1-13(20)17-8-4-5-11-21(17)18-10-9-14(12-19)15-6-2-3-7-16(15)18/h2-3,6-7,9-10,13,17H,4-5,8,11,20H2,1H3. The Morgan fingerprint density at radius 3 is 2.67 bits per heavy atom. The molecule has 0 bridgehead atoms. The van der Waals surface area contributed by atoms with Gasteiger partial charge in [0.2, 0.25) is 0 Å². The summed E-state index contributed by atoms with van der Waals surface area (Å²) in [6, 6.07) is 15.0. The smallest absolute Gasteiger partial charge is 0.0998 e. The Hall–Kier alpha value is -2.05. The SMILES string of the molecule is CC(N)C1CCCCN1c1ccc(C#N)c2ccccc12. The number of rotatable bonds is 2. The van der Waals surface area contributed by atoms with E-state index in [1.165, 1.54) is 18.5 Å². The zero-order chi connectivity index (χ0) is 14.8. The van der Waals surface area contributed by atoms with Crippen LogP contribution in [0, 0.1) is 11.3 Å². The van der Waals surface area contributed by atoms with Crippen LogP contribution in [0.1, 0.15) is 31.7 Å². The third kappa shape index (κ3) is 2.48. The molecule has 3 rings (SSSR count). The number of hydrogen-bond acceptors (Lipinski definition) is 3.